The van der Waals surface area contributed by atoms with Gasteiger partial charge in [0, 0.05) is 48.7 Å². The number of pyridine rings is 1. The number of aliphatic imine (C=N–C) groups is 1. The minimum absolute atomic E-state index is 0.0342. The van der Waals surface area contributed by atoms with E-state index >= 15 is 0 Å². The van der Waals surface area contributed by atoms with E-state index in [-0.39, 0.29) is 49.7 Å². The van der Waals surface area contributed by atoms with Gasteiger partial charge in [0.1, 0.15) is 17.5 Å². The smallest absolute Gasteiger partial charge is 0.307 e. The highest BCUT2D eigenvalue weighted by molar-refractivity contribution is 6.07. The van der Waals surface area contributed by atoms with E-state index in [4.69, 9.17) is 15.1 Å². The molecule has 0 fully saturated rings. The number of esters is 1. The van der Waals surface area contributed by atoms with Crippen LogP contribution in [0.3, 0.4) is 0 Å². The summed E-state index contributed by atoms with van der Waals surface area (Å²) in [6.45, 7) is 9.05. The molecule has 0 spiro atoms. The van der Waals surface area contributed by atoms with Crippen molar-refractivity contribution < 1.29 is 19.1 Å². The third-order valence-electron chi connectivity index (χ3n) is 7.52. The molecule has 0 atom stereocenters. The van der Waals surface area contributed by atoms with Gasteiger partial charge in [0.15, 0.2) is 0 Å². The summed E-state index contributed by atoms with van der Waals surface area (Å²) in [5.41, 5.74) is 2.47. The zero-order valence-corrected chi connectivity index (χ0v) is 27.8. The van der Waals surface area contributed by atoms with Crippen molar-refractivity contribution >= 4 is 41.0 Å². The number of nitrogens with zero attached hydrogens (tertiary/aromatic N) is 4. The second kappa shape index (κ2) is 19.5. The number of amides is 2. The zero-order chi connectivity index (χ0) is 34.0. The number of ether oxygens (including phenoxy) is 1. The van der Waals surface area contributed by atoms with Gasteiger partial charge in [0.05, 0.1) is 26.1 Å². The molecule has 0 saturated carbocycles. The van der Waals surface area contributed by atoms with Crippen LogP contribution in [0.5, 0.6) is 0 Å². The van der Waals surface area contributed by atoms with Gasteiger partial charge in [0.25, 0.3) is 5.91 Å². The van der Waals surface area contributed by atoms with Crippen molar-refractivity contribution in [3.05, 3.63) is 90.3 Å². The highest BCUT2D eigenvalue weighted by Crippen LogP contribution is 2.18. The standard InChI is InChI=1S/C36H47N7O4/c1-5-7-8-9-10-14-33(44)41-35(37)28-17-19-30(20-18-28)40-26-32-39-24-21-29(16-15-27(3)42(32)4)36(46)43(25-22-34(45)47-6-2)31-13-11-12-23-38-31/h11-13,15-21,23,40H,3,5-10,14,22,24-26H2,1-2,4H3,(H2,37,41,44)/b16-15-,29-21+,39-32?. The predicted molar refractivity (Wildman–Crippen MR) is 188 cm³/mol. The van der Waals surface area contributed by atoms with E-state index in [0.717, 1.165) is 31.4 Å². The average molecular weight is 642 g/mol. The topological polar surface area (TPSA) is 140 Å². The Labute approximate surface area is 278 Å². The zero-order valence-electron chi connectivity index (χ0n) is 27.8. The third-order valence-corrected chi connectivity index (χ3v) is 7.52. The lowest BCUT2D eigenvalue weighted by Gasteiger charge is -2.22. The molecule has 1 aromatic heterocycles. The van der Waals surface area contributed by atoms with E-state index in [1.165, 1.54) is 11.3 Å². The van der Waals surface area contributed by atoms with Crippen molar-refractivity contribution in [3.63, 3.8) is 0 Å². The summed E-state index contributed by atoms with van der Waals surface area (Å²) in [6.07, 6.45) is 12.6. The van der Waals surface area contributed by atoms with Crippen LogP contribution in [-0.4, -0.2) is 72.6 Å². The van der Waals surface area contributed by atoms with Crippen molar-refractivity contribution in [3.8, 4) is 0 Å². The minimum atomic E-state index is -0.389. The summed E-state index contributed by atoms with van der Waals surface area (Å²) in [5.74, 6) is 0.381. The summed E-state index contributed by atoms with van der Waals surface area (Å²) in [7, 11) is 1.86. The maximum Gasteiger partial charge on any atom is 0.307 e. The van der Waals surface area contributed by atoms with Gasteiger partial charge in [-0.25, -0.2) is 4.98 Å². The van der Waals surface area contributed by atoms with Crippen LogP contribution >= 0.6 is 0 Å². The van der Waals surface area contributed by atoms with Crippen LogP contribution in [0, 0.1) is 5.41 Å². The Bertz CT molecular complexity index is 1470. The number of amidine groups is 2. The first kappa shape index (κ1) is 36.4. The molecule has 0 unspecified atom stereocenters. The number of allylic oxidation sites excluding steroid dienone is 1. The number of aromatic nitrogens is 1. The molecule has 1 aliphatic rings. The van der Waals surface area contributed by atoms with E-state index in [0.29, 0.717) is 41.5 Å². The minimum Gasteiger partial charge on any atom is -0.466 e. The van der Waals surface area contributed by atoms with Crippen molar-refractivity contribution in [2.24, 2.45) is 4.99 Å². The molecular formula is C36H47N7O4. The first-order valence-electron chi connectivity index (χ1n) is 16.2. The van der Waals surface area contributed by atoms with Gasteiger partial charge in [0.2, 0.25) is 5.91 Å². The molecule has 0 bridgehead atoms. The summed E-state index contributed by atoms with van der Waals surface area (Å²) in [5, 5.41) is 14.3. The monoisotopic (exact) mass is 641 g/mol. The molecule has 11 heteroatoms. The molecule has 3 N–H and O–H groups in total. The normalized spacial score (nSPS) is 14.8. The largest absolute Gasteiger partial charge is 0.466 e. The second-order valence-corrected chi connectivity index (χ2v) is 11.0. The van der Waals surface area contributed by atoms with Gasteiger partial charge in [-0.3, -0.25) is 29.7 Å². The number of anilines is 2. The highest BCUT2D eigenvalue weighted by Gasteiger charge is 2.22. The van der Waals surface area contributed by atoms with Crippen molar-refractivity contribution in [2.45, 2.75) is 58.8 Å². The van der Waals surface area contributed by atoms with Gasteiger partial charge in [-0.1, -0.05) is 51.3 Å². The lowest BCUT2D eigenvalue weighted by atomic mass is 10.1. The first-order valence-corrected chi connectivity index (χ1v) is 16.2. The molecule has 2 amide bonds. The molecule has 0 saturated heterocycles. The molecule has 0 radical (unpaired) electrons. The van der Waals surface area contributed by atoms with Gasteiger partial charge < -0.3 is 20.3 Å². The van der Waals surface area contributed by atoms with Crippen LogP contribution in [0.15, 0.2) is 89.7 Å². The number of carbonyl (C=O) groups is 3. The average Bonchev–Trinajstić information content (AvgIpc) is 3.14. The molecule has 2 heterocycles. The Hall–Kier alpha value is -5.06. The summed E-state index contributed by atoms with van der Waals surface area (Å²) < 4.78 is 5.06. The first-order chi connectivity index (χ1) is 22.7. The number of likely N-dealkylation sites (N-methyl/N-ethyl adjacent to an activating group) is 1. The Balaban J connectivity index is 1.64. The SMILES string of the molecule is C=C1/C=C\C(C(=O)N(CCC(=O)OCC)c2ccccn2)=C/CN=C(CNc2ccc(C(=N)NC(=O)CCCCCCC)cc2)N1C. The van der Waals surface area contributed by atoms with Crippen molar-refractivity contribution in [2.75, 3.05) is 43.5 Å². The molecule has 2 aromatic rings. The van der Waals surface area contributed by atoms with E-state index in [2.05, 4.69) is 29.1 Å². The number of hydrogen-bond donors (Lipinski definition) is 3. The van der Waals surface area contributed by atoms with Crippen molar-refractivity contribution in [1.82, 2.24) is 15.2 Å². The molecule has 3 rings (SSSR count). The summed E-state index contributed by atoms with van der Waals surface area (Å²) in [4.78, 5) is 50.4. The van der Waals surface area contributed by atoms with Gasteiger partial charge in [-0.05, 0) is 61.9 Å². The predicted octanol–water partition coefficient (Wildman–Crippen LogP) is 5.62. The number of nitrogens with one attached hydrogen (secondary N) is 3. The lowest BCUT2D eigenvalue weighted by molar-refractivity contribution is -0.142. The fourth-order valence-corrected chi connectivity index (χ4v) is 4.74. The van der Waals surface area contributed by atoms with Crippen LogP contribution in [0.4, 0.5) is 11.5 Å². The Morgan fingerprint density at radius 1 is 1.02 bits per heavy atom. The molecule has 0 aliphatic carbocycles. The van der Waals surface area contributed by atoms with E-state index in [1.54, 1.807) is 61.7 Å². The Morgan fingerprint density at radius 3 is 2.49 bits per heavy atom. The molecule has 11 nitrogen and oxygen atoms in total. The van der Waals surface area contributed by atoms with E-state index in [1.807, 2.05) is 24.1 Å². The summed E-state index contributed by atoms with van der Waals surface area (Å²) >= 11 is 0. The van der Waals surface area contributed by atoms with Gasteiger partial charge in [-0.15, -0.1) is 0 Å². The number of benzene rings is 1. The van der Waals surface area contributed by atoms with Crippen LogP contribution in [0.25, 0.3) is 0 Å². The highest BCUT2D eigenvalue weighted by atomic mass is 16.5. The third kappa shape index (κ3) is 12.0. The number of rotatable bonds is 16. The molecular weight excluding hydrogens is 594 g/mol. The number of unbranched alkanes of at least 4 members (excludes halogenated alkanes) is 4. The van der Waals surface area contributed by atoms with E-state index in [9.17, 15) is 14.4 Å². The Kier molecular flexibility index (Phi) is 15.1. The van der Waals surface area contributed by atoms with Crippen LogP contribution in [-0.2, 0) is 19.1 Å². The van der Waals surface area contributed by atoms with Gasteiger partial charge in [-0.2, -0.15) is 0 Å². The Morgan fingerprint density at radius 2 is 1.79 bits per heavy atom. The van der Waals surface area contributed by atoms with E-state index < -0.39 is 0 Å². The van der Waals surface area contributed by atoms with Crippen LogP contribution in [0.2, 0.25) is 0 Å². The maximum atomic E-state index is 13.7. The fourth-order valence-electron chi connectivity index (χ4n) is 4.74. The molecule has 250 valence electrons. The number of hydrogen-bond acceptors (Lipinski definition) is 9. The molecule has 1 aliphatic heterocycles. The quantitative estimate of drug-likeness (QED) is 0.0935. The molecule has 47 heavy (non-hydrogen) atoms. The maximum absolute atomic E-state index is 13.7. The van der Waals surface area contributed by atoms with Crippen LogP contribution in [0.1, 0.15) is 64.4 Å². The van der Waals surface area contributed by atoms with Crippen molar-refractivity contribution in [1.29, 1.82) is 5.41 Å². The van der Waals surface area contributed by atoms with Gasteiger partial charge >= 0.3 is 5.97 Å². The lowest BCUT2D eigenvalue weighted by Crippen LogP contribution is -2.34. The fraction of sp³-hybridized carbons (Fsp3) is 0.389. The van der Waals surface area contributed by atoms with Crippen LogP contribution < -0.4 is 15.5 Å². The second-order valence-electron chi connectivity index (χ2n) is 11.0. The summed E-state index contributed by atoms with van der Waals surface area (Å²) in [6, 6.07) is 12.6. The molecule has 1 aromatic carbocycles. The number of carbonyl (C=O) groups excluding carboxylic acids is 3.